The molecule has 0 bridgehead atoms. The lowest BCUT2D eigenvalue weighted by Gasteiger charge is -2.12. The zero-order valence-electron chi connectivity index (χ0n) is 11.0. The van der Waals surface area contributed by atoms with Crippen LogP contribution in [-0.4, -0.2) is 39.8 Å². The van der Waals surface area contributed by atoms with Gasteiger partial charge in [-0.05, 0) is 43.1 Å². The lowest BCUT2D eigenvalue weighted by Crippen LogP contribution is -2.21. The minimum Gasteiger partial charge on any atom is -0.396 e. The third-order valence-electron chi connectivity index (χ3n) is 3.55. The Morgan fingerprint density at radius 1 is 1.35 bits per heavy atom. The van der Waals surface area contributed by atoms with E-state index >= 15 is 0 Å². The second kappa shape index (κ2) is 5.68. The highest BCUT2D eigenvalue weighted by molar-refractivity contribution is 5.52. The van der Waals surface area contributed by atoms with Crippen LogP contribution in [0.2, 0.25) is 0 Å². The van der Waals surface area contributed by atoms with Crippen molar-refractivity contribution < 1.29 is 14.0 Å². The average molecular weight is 277 g/mol. The molecule has 106 valence electrons. The minimum absolute atomic E-state index is 0.226. The lowest BCUT2D eigenvalue weighted by molar-refractivity contribution is 0.218. The van der Waals surface area contributed by atoms with Gasteiger partial charge in [0.1, 0.15) is 5.82 Å². The summed E-state index contributed by atoms with van der Waals surface area (Å²) in [6.07, 6.45) is 0.999. The molecule has 0 aliphatic carbocycles. The zero-order valence-corrected chi connectivity index (χ0v) is 11.0. The Bertz CT molecular complexity index is 570. The quantitative estimate of drug-likeness (QED) is 0.921. The predicted molar refractivity (Wildman–Crippen MR) is 70.2 cm³/mol. The first-order chi connectivity index (χ1) is 9.74. The first-order valence-corrected chi connectivity index (χ1v) is 6.66. The number of aliphatic hydroxyl groups is 1. The number of benzene rings is 1. The Balaban J connectivity index is 1.66. The number of hydrogen-bond acceptors (Lipinski definition) is 5. The van der Waals surface area contributed by atoms with Gasteiger partial charge in [-0.15, -0.1) is 0 Å². The standard InChI is InChI=1S/C14H16FN3O2/c15-12-3-1-11(2-4-12)14-16-13(17-20-14)8-18-6-5-10(7-18)9-19/h1-4,10,19H,5-9H2. The van der Waals surface area contributed by atoms with Crippen LogP contribution in [0.1, 0.15) is 12.2 Å². The van der Waals surface area contributed by atoms with Gasteiger partial charge in [-0.2, -0.15) is 4.98 Å². The molecule has 0 spiro atoms. The molecule has 6 heteroatoms. The van der Waals surface area contributed by atoms with Crippen LogP contribution in [0, 0.1) is 11.7 Å². The monoisotopic (exact) mass is 277 g/mol. The largest absolute Gasteiger partial charge is 0.396 e. The van der Waals surface area contributed by atoms with Crippen molar-refractivity contribution in [2.24, 2.45) is 5.92 Å². The molecule has 1 aliphatic rings. The van der Waals surface area contributed by atoms with E-state index in [1.807, 2.05) is 0 Å². The van der Waals surface area contributed by atoms with Crippen molar-refractivity contribution in [1.29, 1.82) is 0 Å². The van der Waals surface area contributed by atoms with E-state index < -0.39 is 0 Å². The van der Waals surface area contributed by atoms with E-state index in [-0.39, 0.29) is 12.4 Å². The molecule has 2 heterocycles. The molecule has 0 amide bonds. The van der Waals surface area contributed by atoms with Gasteiger partial charge < -0.3 is 9.63 Å². The molecular formula is C14H16FN3O2. The summed E-state index contributed by atoms with van der Waals surface area (Å²) < 4.78 is 18.0. The van der Waals surface area contributed by atoms with Gasteiger partial charge in [0.2, 0.25) is 0 Å². The van der Waals surface area contributed by atoms with Crippen molar-refractivity contribution in [2.75, 3.05) is 19.7 Å². The summed E-state index contributed by atoms with van der Waals surface area (Å²) in [6, 6.07) is 5.96. The van der Waals surface area contributed by atoms with Crippen molar-refractivity contribution in [3.05, 3.63) is 35.9 Å². The molecule has 1 saturated heterocycles. The molecule has 2 aromatic rings. The smallest absolute Gasteiger partial charge is 0.257 e. The van der Waals surface area contributed by atoms with Crippen molar-refractivity contribution in [3.8, 4) is 11.5 Å². The number of rotatable bonds is 4. The van der Waals surface area contributed by atoms with Crippen LogP contribution in [0.25, 0.3) is 11.5 Å². The van der Waals surface area contributed by atoms with Crippen LogP contribution >= 0.6 is 0 Å². The second-order valence-electron chi connectivity index (χ2n) is 5.10. The van der Waals surface area contributed by atoms with Gasteiger partial charge in [0.15, 0.2) is 5.82 Å². The third kappa shape index (κ3) is 2.86. The molecule has 1 unspecified atom stereocenters. The first-order valence-electron chi connectivity index (χ1n) is 6.66. The van der Waals surface area contributed by atoms with Gasteiger partial charge >= 0.3 is 0 Å². The Kier molecular flexibility index (Phi) is 3.75. The van der Waals surface area contributed by atoms with Crippen LogP contribution in [-0.2, 0) is 6.54 Å². The number of aliphatic hydroxyl groups excluding tert-OH is 1. The SMILES string of the molecule is OCC1CCN(Cc2noc(-c3ccc(F)cc3)n2)C1. The molecule has 1 aliphatic heterocycles. The van der Waals surface area contributed by atoms with E-state index in [1.54, 1.807) is 12.1 Å². The molecule has 3 rings (SSSR count). The Morgan fingerprint density at radius 2 is 2.15 bits per heavy atom. The van der Waals surface area contributed by atoms with E-state index in [4.69, 9.17) is 9.63 Å². The number of likely N-dealkylation sites (tertiary alicyclic amines) is 1. The summed E-state index contributed by atoms with van der Waals surface area (Å²) in [6.45, 7) is 2.63. The fourth-order valence-corrected chi connectivity index (χ4v) is 2.43. The second-order valence-corrected chi connectivity index (χ2v) is 5.10. The van der Waals surface area contributed by atoms with E-state index in [9.17, 15) is 4.39 Å². The van der Waals surface area contributed by atoms with E-state index in [0.29, 0.717) is 29.7 Å². The number of hydrogen-bond donors (Lipinski definition) is 1. The van der Waals surface area contributed by atoms with Gasteiger partial charge in [-0.25, -0.2) is 4.39 Å². The molecule has 0 radical (unpaired) electrons. The summed E-state index contributed by atoms with van der Waals surface area (Å²) in [5, 5.41) is 13.1. The molecule has 1 aromatic carbocycles. The first kappa shape index (κ1) is 13.2. The van der Waals surface area contributed by atoms with Crippen molar-refractivity contribution >= 4 is 0 Å². The van der Waals surface area contributed by atoms with Crippen LogP contribution in [0.3, 0.4) is 0 Å². The number of aromatic nitrogens is 2. The van der Waals surface area contributed by atoms with Crippen LogP contribution in [0.5, 0.6) is 0 Å². The van der Waals surface area contributed by atoms with Crippen molar-refractivity contribution in [1.82, 2.24) is 15.0 Å². The van der Waals surface area contributed by atoms with E-state index in [0.717, 1.165) is 19.5 Å². The summed E-state index contributed by atoms with van der Waals surface area (Å²) in [4.78, 5) is 6.51. The fourth-order valence-electron chi connectivity index (χ4n) is 2.43. The Hall–Kier alpha value is -1.79. The molecule has 0 saturated carbocycles. The minimum atomic E-state index is -0.291. The number of halogens is 1. The van der Waals surface area contributed by atoms with Gasteiger partial charge in [0, 0.05) is 18.7 Å². The highest BCUT2D eigenvalue weighted by Gasteiger charge is 2.23. The van der Waals surface area contributed by atoms with E-state index in [2.05, 4.69) is 15.0 Å². The summed E-state index contributed by atoms with van der Waals surface area (Å²) in [5.41, 5.74) is 0.708. The topological polar surface area (TPSA) is 62.4 Å². The average Bonchev–Trinajstić information content (AvgIpc) is 3.09. The summed E-state index contributed by atoms with van der Waals surface area (Å²) in [7, 11) is 0. The van der Waals surface area contributed by atoms with Gasteiger partial charge in [0.05, 0.1) is 6.54 Å². The molecular weight excluding hydrogens is 261 g/mol. The van der Waals surface area contributed by atoms with Crippen LogP contribution in [0.4, 0.5) is 4.39 Å². The van der Waals surface area contributed by atoms with Crippen molar-refractivity contribution in [3.63, 3.8) is 0 Å². The Labute approximate surface area is 116 Å². The number of nitrogens with zero attached hydrogens (tertiary/aromatic N) is 3. The fraction of sp³-hybridized carbons (Fsp3) is 0.429. The molecule has 1 atom stereocenters. The van der Waals surface area contributed by atoms with Gasteiger partial charge in [-0.1, -0.05) is 5.16 Å². The molecule has 1 fully saturated rings. The predicted octanol–water partition coefficient (Wildman–Crippen LogP) is 1.69. The van der Waals surface area contributed by atoms with Crippen molar-refractivity contribution in [2.45, 2.75) is 13.0 Å². The zero-order chi connectivity index (χ0) is 13.9. The van der Waals surface area contributed by atoms with Gasteiger partial charge in [0.25, 0.3) is 5.89 Å². The molecule has 1 aromatic heterocycles. The molecule has 5 nitrogen and oxygen atoms in total. The Morgan fingerprint density at radius 3 is 2.85 bits per heavy atom. The van der Waals surface area contributed by atoms with Crippen LogP contribution < -0.4 is 0 Å². The lowest BCUT2D eigenvalue weighted by atomic mass is 10.1. The summed E-state index contributed by atoms with van der Waals surface area (Å²) >= 11 is 0. The summed E-state index contributed by atoms with van der Waals surface area (Å²) in [5.74, 6) is 1.07. The molecule has 20 heavy (non-hydrogen) atoms. The maximum absolute atomic E-state index is 12.9. The maximum atomic E-state index is 12.9. The van der Waals surface area contributed by atoms with E-state index in [1.165, 1.54) is 12.1 Å². The van der Waals surface area contributed by atoms with Gasteiger partial charge in [-0.3, -0.25) is 4.90 Å². The highest BCUT2D eigenvalue weighted by Crippen LogP contribution is 2.20. The highest BCUT2D eigenvalue weighted by atomic mass is 19.1. The van der Waals surface area contributed by atoms with Crippen LogP contribution in [0.15, 0.2) is 28.8 Å². The third-order valence-corrected chi connectivity index (χ3v) is 3.55. The normalized spacial score (nSPS) is 19.6. The molecule has 1 N–H and O–H groups in total. The maximum Gasteiger partial charge on any atom is 0.257 e.